The zero-order valence-corrected chi connectivity index (χ0v) is 15.5. The van der Waals surface area contributed by atoms with Crippen molar-refractivity contribution >= 4 is 33.1 Å². The second-order valence-corrected chi connectivity index (χ2v) is 7.98. The number of nitrogen functional groups attached to an aromatic ring is 1. The van der Waals surface area contributed by atoms with E-state index in [0.29, 0.717) is 22.5 Å². The lowest BCUT2D eigenvalue weighted by molar-refractivity contribution is 0.0573. The molecule has 0 spiro atoms. The number of aromatic nitrogens is 2. The number of aryl methyl sites for hydroxylation is 2. The third-order valence-electron chi connectivity index (χ3n) is 4.65. The van der Waals surface area contributed by atoms with Crippen molar-refractivity contribution in [3.63, 3.8) is 0 Å². The number of hydrogen-bond donors (Lipinski definition) is 2. The second-order valence-electron chi connectivity index (χ2n) is 6.98. The number of carbonyl (C=O) groups excluding carboxylic acids is 1. The molecular weight excluding hydrogens is 322 g/mol. The molecule has 1 amide bonds. The average Bonchev–Trinajstić information content (AvgIpc) is 2.82. The fourth-order valence-corrected chi connectivity index (χ4v) is 3.96. The van der Waals surface area contributed by atoms with E-state index in [9.17, 15) is 4.79 Å². The third kappa shape index (κ3) is 3.10. The monoisotopic (exact) mass is 347 g/mol. The fraction of sp³-hybridized carbons (Fsp3) is 0.588. The molecule has 1 fully saturated rings. The molecule has 0 aliphatic carbocycles. The first kappa shape index (κ1) is 17.1. The van der Waals surface area contributed by atoms with E-state index in [-0.39, 0.29) is 5.91 Å². The van der Waals surface area contributed by atoms with Gasteiger partial charge in [-0.15, -0.1) is 16.4 Å². The van der Waals surface area contributed by atoms with Gasteiger partial charge in [-0.25, -0.2) is 0 Å². The van der Waals surface area contributed by atoms with Crippen molar-refractivity contribution in [1.29, 1.82) is 0 Å². The minimum absolute atomic E-state index is 0.00876. The molecule has 7 heteroatoms. The Morgan fingerprint density at radius 1 is 1.38 bits per heavy atom. The molecule has 1 aliphatic rings. The molecule has 0 atom stereocenters. The number of nitrogens with one attached hydrogen (secondary N) is 1. The Morgan fingerprint density at radius 2 is 2.08 bits per heavy atom. The summed E-state index contributed by atoms with van der Waals surface area (Å²) < 4.78 is 0. The lowest BCUT2D eigenvalue weighted by Gasteiger charge is -2.39. The Bertz CT molecular complexity index is 764. The fourth-order valence-electron chi connectivity index (χ4n) is 2.89. The van der Waals surface area contributed by atoms with Gasteiger partial charge in [0.25, 0.3) is 5.91 Å². The van der Waals surface area contributed by atoms with Crippen molar-refractivity contribution in [3.8, 4) is 0 Å². The highest BCUT2D eigenvalue weighted by Crippen LogP contribution is 2.36. The molecule has 3 N–H and O–H groups in total. The summed E-state index contributed by atoms with van der Waals surface area (Å²) in [6, 6.07) is 0.395. The first-order valence-corrected chi connectivity index (χ1v) is 9.24. The van der Waals surface area contributed by atoms with Crippen LogP contribution < -0.4 is 11.1 Å². The Balaban J connectivity index is 1.68. The van der Waals surface area contributed by atoms with Gasteiger partial charge >= 0.3 is 0 Å². The highest BCUT2D eigenvalue weighted by molar-refractivity contribution is 7.21. The largest absolute Gasteiger partial charge is 0.397 e. The van der Waals surface area contributed by atoms with Crippen LogP contribution in [0.1, 0.15) is 41.2 Å². The summed E-state index contributed by atoms with van der Waals surface area (Å²) in [6.07, 6.45) is 1.16. The smallest absolute Gasteiger partial charge is 0.266 e. The average molecular weight is 347 g/mol. The molecule has 3 heterocycles. The van der Waals surface area contributed by atoms with Crippen LogP contribution in [0, 0.1) is 19.8 Å². The van der Waals surface area contributed by atoms with Crippen LogP contribution >= 0.6 is 11.3 Å². The van der Waals surface area contributed by atoms with Crippen molar-refractivity contribution in [2.24, 2.45) is 5.92 Å². The molecule has 0 bridgehead atoms. The summed E-state index contributed by atoms with van der Waals surface area (Å²) in [5, 5.41) is 12.7. The minimum Gasteiger partial charge on any atom is -0.397 e. The first-order chi connectivity index (χ1) is 11.4. The van der Waals surface area contributed by atoms with E-state index >= 15 is 0 Å². The predicted octanol–water partition coefficient (Wildman–Crippen LogP) is 2.35. The number of rotatable bonds is 5. The van der Waals surface area contributed by atoms with Gasteiger partial charge in [-0.3, -0.25) is 4.79 Å². The van der Waals surface area contributed by atoms with Crippen LogP contribution in [0.4, 0.5) is 5.69 Å². The number of thiophene rings is 1. The summed E-state index contributed by atoms with van der Waals surface area (Å²) >= 11 is 1.35. The molecule has 0 saturated carbocycles. The quantitative estimate of drug-likeness (QED) is 0.867. The summed E-state index contributed by atoms with van der Waals surface area (Å²) in [5.41, 5.74) is 8.66. The SMILES string of the molecule is Cc1nnc2sc(C(=O)N3CC(NCCC(C)C)C3)c(N)c2c1C. The lowest BCUT2D eigenvalue weighted by atomic mass is 10.1. The number of likely N-dealkylation sites (tertiary alicyclic amines) is 1. The topological polar surface area (TPSA) is 84.1 Å². The van der Waals surface area contributed by atoms with Crippen molar-refractivity contribution in [3.05, 3.63) is 16.1 Å². The number of hydrogen-bond acceptors (Lipinski definition) is 6. The van der Waals surface area contributed by atoms with E-state index < -0.39 is 0 Å². The van der Waals surface area contributed by atoms with Crippen LogP contribution in [-0.4, -0.2) is 46.7 Å². The standard InChI is InChI=1S/C17H25N5OS/c1-9(2)5-6-19-12-7-22(8-12)17(23)15-14(18)13-10(3)11(4)20-21-16(13)24-15/h9,12,19H,5-8,18H2,1-4H3. The van der Waals surface area contributed by atoms with Crippen molar-refractivity contribution in [2.45, 2.75) is 40.2 Å². The summed E-state index contributed by atoms with van der Waals surface area (Å²) in [6.45, 7) is 10.8. The van der Waals surface area contributed by atoms with E-state index in [1.54, 1.807) is 0 Å². The number of fused-ring (bicyclic) bond motifs is 1. The predicted molar refractivity (Wildman–Crippen MR) is 98.5 cm³/mol. The van der Waals surface area contributed by atoms with Crippen LogP contribution in [0.25, 0.3) is 10.2 Å². The van der Waals surface area contributed by atoms with Gasteiger partial charge in [-0.05, 0) is 38.3 Å². The molecule has 130 valence electrons. The second kappa shape index (κ2) is 6.64. The molecule has 24 heavy (non-hydrogen) atoms. The van der Waals surface area contributed by atoms with Gasteiger partial charge in [0.15, 0.2) is 0 Å². The maximum absolute atomic E-state index is 12.7. The molecule has 0 aromatic carbocycles. The van der Waals surface area contributed by atoms with Crippen LogP contribution in [0.2, 0.25) is 0 Å². The summed E-state index contributed by atoms with van der Waals surface area (Å²) in [4.78, 5) is 15.9. The minimum atomic E-state index is 0.00876. The molecule has 0 unspecified atom stereocenters. The van der Waals surface area contributed by atoms with Gasteiger partial charge < -0.3 is 16.0 Å². The molecule has 6 nitrogen and oxygen atoms in total. The zero-order chi connectivity index (χ0) is 17.4. The Kier molecular flexibility index (Phi) is 4.73. The molecule has 0 radical (unpaired) electrons. The van der Waals surface area contributed by atoms with E-state index in [1.165, 1.54) is 11.3 Å². The lowest BCUT2D eigenvalue weighted by Crippen LogP contribution is -2.59. The number of anilines is 1. The summed E-state index contributed by atoms with van der Waals surface area (Å²) in [5.74, 6) is 0.705. The van der Waals surface area contributed by atoms with Gasteiger partial charge in [0.2, 0.25) is 0 Å². The third-order valence-corrected chi connectivity index (χ3v) is 5.73. The Morgan fingerprint density at radius 3 is 2.75 bits per heavy atom. The number of amides is 1. The summed E-state index contributed by atoms with van der Waals surface area (Å²) in [7, 11) is 0. The number of carbonyl (C=O) groups is 1. The molecule has 2 aromatic rings. The van der Waals surface area contributed by atoms with Crippen molar-refractivity contribution < 1.29 is 4.79 Å². The maximum Gasteiger partial charge on any atom is 0.266 e. The van der Waals surface area contributed by atoms with Crippen LogP contribution in [0.15, 0.2) is 0 Å². The molecule has 1 saturated heterocycles. The maximum atomic E-state index is 12.7. The highest BCUT2D eigenvalue weighted by atomic mass is 32.1. The van der Waals surface area contributed by atoms with Crippen LogP contribution in [-0.2, 0) is 0 Å². The van der Waals surface area contributed by atoms with Crippen LogP contribution in [0.3, 0.4) is 0 Å². The van der Waals surface area contributed by atoms with Gasteiger partial charge in [-0.1, -0.05) is 13.8 Å². The Hall–Kier alpha value is -1.73. The van der Waals surface area contributed by atoms with Crippen LogP contribution in [0.5, 0.6) is 0 Å². The van der Waals surface area contributed by atoms with E-state index in [1.807, 2.05) is 18.7 Å². The molecular formula is C17H25N5OS. The molecule has 2 aromatic heterocycles. The van der Waals surface area contributed by atoms with E-state index in [4.69, 9.17) is 5.73 Å². The van der Waals surface area contributed by atoms with Gasteiger partial charge in [0.05, 0.1) is 11.4 Å². The van der Waals surface area contributed by atoms with Gasteiger partial charge in [0.1, 0.15) is 9.71 Å². The van der Waals surface area contributed by atoms with E-state index in [0.717, 1.165) is 47.5 Å². The molecule has 1 aliphatic heterocycles. The zero-order valence-electron chi connectivity index (χ0n) is 14.7. The first-order valence-electron chi connectivity index (χ1n) is 8.43. The normalized spacial score (nSPS) is 15.3. The van der Waals surface area contributed by atoms with Crippen molar-refractivity contribution in [2.75, 3.05) is 25.4 Å². The highest BCUT2D eigenvalue weighted by Gasteiger charge is 2.33. The van der Waals surface area contributed by atoms with Gasteiger partial charge in [-0.2, -0.15) is 5.10 Å². The number of nitrogens with zero attached hydrogens (tertiary/aromatic N) is 3. The van der Waals surface area contributed by atoms with Gasteiger partial charge in [0, 0.05) is 24.5 Å². The number of nitrogens with two attached hydrogens (primary N) is 1. The Labute approximate surface area is 146 Å². The van der Waals surface area contributed by atoms with Crippen molar-refractivity contribution in [1.82, 2.24) is 20.4 Å². The van der Waals surface area contributed by atoms with E-state index in [2.05, 4.69) is 29.4 Å². The molecule has 3 rings (SSSR count).